The largest absolute Gasteiger partial charge is 0.358 e. The number of hydrogen-bond donors (Lipinski definition) is 1. The Balaban J connectivity index is 0.971. The maximum atomic E-state index is 3.77. The molecule has 0 spiro atoms. The quantitative estimate of drug-likeness (QED) is 0.184. The molecule has 0 amide bonds. The highest BCUT2D eigenvalue weighted by Gasteiger charge is 2.23. The summed E-state index contributed by atoms with van der Waals surface area (Å²) in [5.41, 5.74) is 15.9. The van der Waals surface area contributed by atoms with E-state index in [2.05, 4.69) is 198 Å². The first-order valence-electron chi connectivity index (χ1n) is 19.1. The van der Waals surface area contributed by atoms with Gasteiger partial charge in [0.1, 0.15) is 0 Å². The molecule has 8 aromatic carbocycles. The maximum Gasteiger partial charge on any atom is 0.0468 e. The molecule has 0 atom stereocenters. The van der Waals surface area contributed by atoms with Gasteiger partial charge in [0.2, 0.25) is 0 Å². The van der Waals surface area contributed by atoms with E-state index in [1.807, 2.05) is 11.3 Å². The van der Waals surface area contributed by atoms with Crippen LogP contribution in [0.25, 0.3) is 69.9 Å². The number of benzene rings is 8. The van der Waals surface area contributed by atoms with Crippen molar-refractivity contribution in [2.75, 3.05) is 10.2 Å². The third-order valence-corrected chi connectivity index (χ3v) is 12.5. The van der Waals surface area contributed by atoms with Crippen molar-refractivity contribution < 1.29 is 0 Å². The molecule has 2 nitrogen and oxygen atoms in total. The van der Waals surface area contributed by atoms with E-state index in [1.54, 1.807) is 0 Å². The number of allylic oxidation sites excluding steroid dienone is 4. The Morgan fingerprint density at radius 1 is 0.473 bits per heavy atom. The van der Waals surface area contributed by atoms with Crippen LogP contribution in [0.1, 0.15) is 18.4 Å². The lowest BCUT2D eigenvalue weighted by Crippen LogP contribution is -2.10. The third kappa shape index (κ3) is 5.47. The summed E-state index contributed by atoms with van der Waals surface area (Å²) in [7, 11) is 0. The van der Waals surface area contributed by atoms with Crippen molar-refractivity contribution in [3.8, 4) is 33.4 Å². The van der Waals surface area contributed by atoms with Crippen LogP contribution in [-0.4, -0.2) is 0 Å². The van der Waals surface area contributed by atoms with Gasteiger partial charge in [-0.3, -0.25) is 0 Å². The minimum absolute atomic E-state index is 1.06. The number of rotatable bonds is 6. The van der Waals surface area contributed by atoms with Gasteiger partial charge in [0.15, 0.2) is 0 Å². The van der Waals surface area contributed by atoms with Gasteiger partial charge in [-0.15, -0.1) is 11.3 Å². The standard InChI is InChI=1S/C52H36N2S/c1-3-10-34(11-4-1)36-18-25-40(26-19-36)54(41-27-20-37(21-28-41)35-12-5-2-6-13-35)42-29-22-38(23-30-42)39-24-31-44-47-33-46-43-14-7-8-16-48(43)53-49-17-9-15-45(51(46)49)52(47)55-50(44)32-39/h1-7,9-15,17-33,53H,8,16H2. The van der Waals surface area contributed by atoms with E-state index in [9.17, 15) is 0 Å². The first-order valence-corrected chi connectivity index (χ1v) is 19.9. The molecule has 0 unspecified atom stereocenters. The second kappa shape index (κ2) is 13.0. The van der Waals surface area contributed by atoms with Crippen molar-refractivity contribution >= 4 is 70.6 Å². The van der Waals surface area contributed by atoms with Gasteiger partial charge in [0, 0.05) is 65.0 Å². The average molecular weight is 721 g/mol. The molecule has 2 heterocycles. The van der Waals surface area contributed by atoms with E-state index in [0.29, 0.717) is 0 Å². The first-order chi connectivity index (χ1) is 27.2. The SMILES string of the molecule is C1=CC2=C(CC1)Nc1cccc3c1c2cc1c2ccc(-c4ccc(N(c5ccc(-c6ccccc6)cc5)c5ccc(-c6ccccc6)cc5)cc4)cc2sc31. The fourth-order valence-electron chi connectivity index (χ4n) is 8.53. The molecule has 2 aliphatic rings. The van der Waals surface area contributed by atoms with E-state index in [-0.39, 0.29) is 0 Å². The summed E-state index contributed by atoms with van der Waals surface area (Å²) in [6.45, 7) is 0. The van der Waals surface area contributed by atoms with Crippen LogP contribution in [-0.2, 0) is 0 Å². The fraction of sp³-hybridized carbons (Fsp3) is 0.0385. The van der Waals surface area contributed by atoms with Crippen molar-refractivity contribution in [3.05, 3.63) is 199 Å². The summed E-state index contributed by atoms with van der Waals surface area (Å²) >= 11 is 1.91. The molecular weight excluding hydrogens is 685 g/mol. The van der Waals surface area contributed by atoms with Gasteiger partial charge in [0.05, 0.1) is 0 Å². The zero-order valence-electron chi connectivity index (χ0n) is 30.2. The molecule has 0 bridgehead atoms. The molecule has 1 aliphatic heterocycles. The van der Waals surface area contributed by atoms with Crippen LogP contribution < -0.4 is 10.2 Å². The minimum atomic E-state index is 1.06. The summed E-state index contributed by atoms with van der Waals surface area (Å²) in [4.78, 5) is 2.35. The monoisotopic (exact) mass is 720 g/mol. The Labute approximate surface area is 325 Å². The van der Waals surface area contributed by atoms with Crippen LogP contribution in [0.5, 0.6) is 0 Å². The molecular formula is C52H36N2S. The number of nitrogens with one attached hydrogen (secondary N) is 1. The van der Waals surface area contributed by atoms with Crippen LogP contribution in [0.2, 0.25) is 0 Å². The van der Waals surface area contributed by atoms with Crippen molar-refractivity contribution in [1.29, 1.82) is 0 Å². The summed E-state index contributed by atoms with van der Waals surface area (Å²) < 4.78 is 2.68. The van der Waals surface area contributed by atoms with Gasteiger partial charge in [-0.2, -0.15) is 0 Å². The lowest BCUT2D eigenvalue weighted by molar-refractivity contribution is 0.971. The highest BCUT2D eigenvalue weighted by Crippen LogP contribution is 2.48. The summed E-state index contributed by atoms with van der Waals surface area (Å²) in [6, 6.07) is 64.2. The molecule has 9 aromatic rings. The van der Waals surface area contributed by atoms with E-state index in [1.165, 1.54) is 86.8 Å². The number of anilines is 4. The normalized spacial score (nSPS) is 13.3. The van der Waals surface area contributed by atoms with E-state index in [0.717, 1.165) is 29.9 Å². The molecule has 0 fully saturated rings. The average Bonchev–Trinajstić information content (AvgIpc) is 3.63. The third-order valence-electron chi connectivity index (χ3n) is 11.3. The summed E-state index contributed by atoms with van der Waals surface area (Å²) in [6.07, 6.45) is 6.78. The zero-order chi connectivity index (χ0) is 36.3. The maximum absolute atomic E-state index is 3.77. The molecule has 3 heteroatoms. The fourth-order valence-corrected chi connectivity index (χ4v) is 9.78. The molecule has 11 rings (SSSR count). The topological polar surface area (TPSA) is 15.3 Å². The van der Waals surface area contributed by atoms with Crippen LogP contribution in [0.3, 0.4) is 0 Å². The number of hydrogen-bond acceptors (Lipinski definition) is 3. The van der Waals surface area contributed by atoms with Crippen LogP contribution in [0.15, 0.2) is 194 Å². The first kappa shape index (κ1) is 31.8. The van der Waals surface area contributed by atoms with Gasteiger partial charge in [-0.25, -0.2) is 0 Å². The van der Waals surface area contributed by atoms with Crippen molar-refractivity contribution in [3.63, 3.8) is 0 Å². The predicted molar refractivity (Wildman–Crippen MR) is 237 cm³/mol. The highest BCUT2D eigenvalue weighted by atomic mass is 32.1. The van der Waals surface area contributed by atoms with Gasteiger partial charge < -0.3 is 10.2 Å². The zero-order valence-corrected chi connectivity index (χ0v) is 31.0. The lowest BCUT2D eigenvalue weighted by atomic mass is 9.87. The van der Waals surface area contributed by atoms with Crippen molar-refractivity contribution in [2.24, 2.45) is 0 Å². The number of thiophene rings is 1. The van der Waals surface area contributed by atoms with E-state index < -0.39 is 0 Å². The van der Waals surface area contributed by atoms with E-state index in [4.69, 9.17) is 0 Å². The predicted octanol–water partition coefficient (Wildman–Crippen LogP) is 15.2. The minimum Gasteiger partial charge on any atom is -0.358 e. The van der Waals surface area contributed by atoms with E-state index >= 15 is 0 Å². The molecule has 1 aromatic heterocycles. The van der Waals surface area contributed by atoms with Crippen LogP contribution >= 0.6 is 11.3 Å². The van der Waals surface area contributed by atoms with Crippen molar-refractivity contribution in [1.82, 2.24) is 0 Å². The second-order valence-electron chi connectivity index (χ2n) is 14.5. The lowest BCUT2D eigenvalue weighted by Gasteiger charge is -2.26. The van der Waals surface area contributed by atoms with Gasteiger partial charge in [-0.05, 0) is 106 Å². The molecule has 55 heavy (non-hydrogen) atoms. The van der Waals surface area contributed by atoms with Crippen LogP contribution in [0.4, 0.5) is 22.7 Å². The molecule has 0 saturated carbocycles. The molecule has 260 valence electrons. The summed E-state index contributed by atoms with van der Waals surface area (Å²) in [5.74, 6) is 0. The molecule has 0 radical (unpaired) electrons. The Morgan fingerprint density at radius 2 is 1.04 bits per heavy atom. The number of fused-ring (bicyclic) bond motifs is 5. The van der Waals surface area contributed by atoms with Gasteiger partial charge in [-0.1, -0.05) is 133 Å². The summed E-state index contributed by atoms with van der Waals surface area (Å²) in [5, 5.41) is 9.13. The smallest absolute Gasteiger partial charge is 0.0468 e. The van der Waals surface area contributed by atoms with Crippen LogP contribution in [0, 0.1) is 0 Å². The Hall–Kier alpha value is -6.68. The Bertz CT molecular complexity index is 2870. The van der Waals surface area contributed by atoms with Gasteiger partial charge in [0.25, 0.3) is 0 Å². The second-order valence-corrected chi connectivity index (χ2v) is 15.6. The Morgan fingerprint density at radius 3 is 1.65 bits per heavy atom. The highest BCUT2D eigenvalue weighted by molar-refractivity contribution is 7.26. The van der Waals surface area contributed by atoms with Crippen molar-refractivity contribution in [2.45, 2.75) is 12.8 Å². The molecule has 0 saturated heterocycles. The number of nitrogens with zero attached hydrogens (tertiary/aromatic N) is 1. The Kier molecular flexibility index (Phi) is 7.53. The molecule has 1 aliphatic carbocycles. The van der Waals surface area contributed by atoms with Gasteiger partial charge >= 0.3 is 0 Å². The molecule has 1 N–H and O–H groups in total.